The van der Waals surface area contributed by atoms with Crippen molar-refractivity contribution in [3.8, 4) is 0 Å². The number of nitrogens with one attached hydrogen (secondary N) is 1. The topological polar surface area (TPSA) is 64.0 Å². The van der Waals surface area contributed by atoms with Crippen LogP contribution in [0, 0.1) is 5.92 Å². The molecule has 0 aromatic carbocycles. The molecule has 1 aromatic rings. The first-order valence-corrected chi connectivity index (χ1v) is 9.29. The van der Waals surface area contributed by atoms with Gasteiger partial charge in [0.05, 0.1) is 17.1 Å². The number of anilines is 1. The average molecular weight is 299 g/mol. The lowest BCUT2D eigenvalue weighted by molar-refractivity contribution is 0.452. The van der Waals surface area contributed by atoms with Crippen LogP contribution >= 0.6 is 0 Å². The molecule has 0 spiro atoms. The molecule has 1 aliphatic rings. The quantitative estimate of drug-likeness (QED) is 0.906. The van der Waals surface area contributed by atoms with Crippen molar-refractivity contribution in [1.82, 2.24) is 9.78 Å². The zero-order valence-electron chi connectivity index (χ0n) is 12.5. The standard InChI is InChI=1S/C14H25N3O2S/c1-11(2)9-17-10-12(8-15-17)16-13-6-4-5-7-14(13)20(3,18)19/h8,10-11,13-14,16H,4-7,9H2,1-3H3. The van der Waals surface area contributed by atoms with E-state index in [1.54, 1.807) is 6.20 Å². The molecular formula is C14H25N3O2S. The van der Waals surface area contributed by atoms with Gasteiger partial charge >= 0.3 is 0 Å². The van der Waals surface area contributed by atoms with E-state index in [1.807, 2.05) is 10.9 Å². The molecule has 20 heavy (non-hydrogen) atoms. The number of sulfone groups is 1. The minimum Gasteiger partial charge on any atom is -0.378 e. The van der Waals surface area contributed by atoms with Crippen molar-refractivity contribution in [2.24, 2.45) is 5.92 Å². The highest BCUT2D eigenvalue weighted by molar-refractivity contribution is 7.91. The summed E-state index contributed by atoms with van der Waals surface area (Å²) in [6, 6.07) is 0.00968. The van der Waals surface area contributed by atoms with Crippen molar-refractivity contribution >= 4 is 15.5 Å². The van der Waals surface area contributed by atoms with Gasteiger partial charge < -0.3 is 5.32 Å². The summed E-state index contributed by atoms with van der Waals surface area (Å²) in [5.41, 5.74) is 0.922. The fourth-order valence-corrected chi connectivity index (χ4v) is 4.30. The fraction of sp³-hybridized carbons (Fsp3) is 0.786. The van der Waals surface area contributed by atoms with Gasteiger partial charge in [-0.05, 0) is 18.8 Å². The van der Waals surface area contributed by atoms with Crippen LogP contribution < -0.4 is 5.32 Å². The number of hydrogen-bond acceptors (Lipinski definition) is 4. The van der Waals surface area contributed by atoms with Crippen molar-refractivity contribution in [2.75, 3.05) is 11.6 Å². The predicted molar refractivity (Wildman–Crippen MR) is 81.6 cm³/mol. The summed E-state index contributed by atoms with van der Waals surface area (Å²) in [6.07, 6.45) is 8.86. The van der Waals surface area contributed by atoms with E-state index in [2.05, 4.69) is 24.3 Å². The Kier molecular flexibility index (Phi) is 4.73. The molecule has 1 fully saturated rings. The van der Waals surface area contributed by atoms with Crippen molar-refractivity contribution in [3.63, 3.8) is 0 Å². The molecule has 0 radical (unpaired) electrons. The Morgan fingerprint density at radius 1 is 1.40 bits per heavy atom. The van der Waals surface area contributed by atoms with Crippen LogP contribution in [0.25, 0.3) is 0 Å². The largest absolute Gasteiger partial charge is 0.378 e. The molecule has 5 nitrogen and oxygen atoms in total. The average Bonchev–Trinajstić information content (AvgIpc) is 2.75. The normalized spacial score (nSPS) is 24.0. The maximum absolute atomic E-state index is 11.9. The van der Waals surface area contributed by atoms with Gasteiger partial charge in [0.1, 0.15) is 0 Å². The predicted octanol–water partition coefficient (Wildman–Crippen LogP) is 2.31. The molecule has 0 bridgehead atoms. The Hall–Kier alpha value is -1.04. The first-order chi connectivity index (χ1) is 9.36. The smallest absolute Gasteiger partial charge is 0.152 e. The van der Waals surface area contributed by atoms with E-state index < -0.39 is 9.84 Å². The molecule has 1 aromatic heterocycles. The van der Waals surface area contributed by atoms with Crippen LogP contribution in [0.2, 0.25) is 0 Å². The van der Waals surface area contributed by atoms with Gasteiger partial charge in [-0.2, -0.15) is 5.10 Å². The van der Waals surface area contributed by atoms with E-state index >= 15 is 0 Å². The third kappa shape index (κ3) is 3.98. The van der Waals surface area contributed by atoms with Gasteiger partial charge in [0.15, 0.2) is 9.84 Å². The van der Waals surface area contributed by atoms with Gasteiger partial charge in [-0.15, -0.1) is 0 Å². The van der Waals surface area contributed by atoms with E-state index in [1.165, 1.54) is 6.26 Å². The second-order valence-corrected chi connectivity index (χ2v) is 8.51. The van der Waals surface area contributed by atoms with Crippen molar-refractivity contribution in [3.05, 3.63) is 12.4 Å². The van der Waals surface area contributed by atoms with E-state index in [-0.39, 0.29) is 11.3 Å². The Labute approximate surface area is 121 Å². The van der Waals surface area contributed by atoms with Gasteiger partial charge in [0.25, 0.3) is 0 Å². The van der Waals surface area contributed by atoms with Crippen LogP contribution in [-0.2, 0) is 16.4 Å². The molecule has 0 amide bonds. The van der Waals surface area contributed by atoms with Gasteiger partial charge in [-0.25, -0.2) is 8.42 Å². The van der Waals surface area contributed by atoms with E-state index in [9.17, 15) is 8.42 Å². The first-order valence-electron chi connectivity index (χ1n) is 7.34. The molecule has 0 aliphatic heterocycles. The SMILES string of the molecule is CC(C)Cn1cc(NC2CCCCC2S(C)(=O)=O)cn1. The Morgan fingerprint density at radius 2 is 2.10 bits per heavy atom. The maximum atomic E-state index is 11.9. The molecular weight excluding hydrogens is 274 g/mol. The molecule has 2 unspecified atom stereocenters. The molecule has 6 heteroatoms. The van der Waals surface area contributed by atoms with Crippen LogP contribution in [0.4, 0.5) is 5.69 Å². The minimum absolute atomic E-state index is 0.00968. The van der Waals surface area contributed by atoms with E-state index in [4.69, 9.17) is 0 Å². The van der Waals surface area contributed by atoms with E-state index in [0.29, 0.717) is 5.92 Å². The zero-order valence-corrected chi connectivity index (χ0v) is 13.4. The summed E-state index contributed by atoms with van der Waals surface area (Å²) < 4.78 is 25.7. The minimum atomic E-state index is -3.00. The molecule has 0 saturated heterocycles. The molecule has 2 atom stereocenters. The second-order valence-electron chi connectivity index (χ2n) is 6.25. The highest BCUT2D eigenvalue weighted by Gasteiger charge is 2.32. The Bertz CT molecular complexity index is 536. The Morgan fingerprint density at radius 3 is 2.75 bits per heavy atom. The van der Waals surface area contributed by atoms with Crippen LogP contribution in [-0.4, -0.2) is 35.7 Å². The second kappa shape index (κ2) is 6.16. The van der Waals surface area contributed by atoms with Crippen LogP contribution in [0.15, 0.2) is 12.4 Å². The molecule has 1 heterocycles. The number of rotatable bonds is 5. The van der Waals surface area contributed by atoms with Gasteiger partial charge in [-0.1, -0.05) is 26.7 Å². The van der Waals surface area contributed by atoms with Gasteiger partial charge in [0.2, 0.25) is 0 Å². The monoisotopic (exact) mass is 299 g/mol. The summed E-state index contributed by atoms with van der Waals surface area (Å²) in [5.74, 6) is 0.543. The molecule has 1 N–H and O–H groups in total. The number of aromatic nitrogens is 2. The number of hydrogen-bond donors (Lipinski definition) is 1. The van der Waals surface area contributed by atoms with E-state index in [0.717, 1.165) is 37.9 Å². The maximum Gasteiger partial charge on any atom is 0.152 e. The van der Waals surface area contributed by atoms with Crippen LogP contribution in [0.1, 0.15) is 39.5 Å². The van der Waals surface area contributed by atoms with Gasteiger partial charge in [0, 0.05) is 25.0 Å². The fourth-order valence-electron chi connectivity index (χ4n) is 2.90. The molecule has 114 valence electrons. The lowest BCUT2D eigenvalue weighted by Gasteiger charge is -2.31. The summed E-state index contributed by atoms with van der Waals surface area (Å²) in [7, 11) is -3.00. The first kappa shape index (κ1) is 15.4. The summed E-state index contributed by atoms with van der Waals surface area (Å²) in [6.45, 7) is 5.17. The van der Waals surface area contributed by atoms with Crippen LogP contribution in [0.3, 0.4) is 0 Å². The van der Waals surface area contributed by atoms with Crippen molar-refractivity contribution < 1.29 is 8.42 Å². The lowest BCUT2D eigenvalue weighted by atomic mass is 9.95. The lowest BCUT2D eigenvalue weighted by Crippen LogP contribution is -2.41. The summed E-state index contributed by atoms with van der Waals surface area (Å²) in [4.78, 5) is 0. The molecule has 2 rings (SSSR count). The highest BCUT2D eigenvalue weighted by atomic mass is 32.2. The highest BCUT2D eigenvalue weighted by Crippen LogP contribution is 2.26. The van der Waals surface area contributed by atoms with Gasteiger partial charge in [-0.3, -0.25) is 4.68 Å². The third-order valence-electron chi connectivity index (χ3n) is 3.79. The Balaban J connectivity index is 2.05. The molecule has 1 saturated carbocycles. The van der Waals surface area contributed by atoms with Crippen molar-refractivity contribution in [1.29, 1.82) is 0 Å². The number of nitrogens with zero attached hydrogens (tertiary/aromatic N) is 2. The van der Waals surface area contributed by atoms with Crippen molar-refractivity contribution in [2.45, 2.75) is 57.4 Å². The molecule has 1 aliphatic carbocycles. The third-order valence-corrected chi connectivity index (χ3v) is 5.45. The summed E-state index contributed by atoms with van der Waals surface area (Å²) >= 11 is 0. The summed E-state index contributed by atoms with van der Waals surface area (Å²) in [5, 5.41) is 7.41. The van der Waals surface area contributed by atoms with Crippen LogP contribution in [0.5, 0.6) is 0 Å². The zero-order chi connectivity index (χ0) is 14.8.